The fourth-order valence-corrected chi connectivity index (χ4v) is 1.32. The molecule has 0 aliphatic carbocycles. The van der Waals surface area contributed by atoms with E-state index in [-0.39, 0.29) is 0 Å². The molecule has 1 atom stereocenters. The lowest BCUT2D eigenvalue weighted by molar-refractivity contribution is -0.139. The Labute approximate surface area is 95.2 Å². The van der Waals surface area contributed by atoms with Crippen LogP contribution in [0.3, 0.4) is 0 Å². The first-order valence-electron chi connectivity index (χ1n) is 5.23. The van der Waals surface area contributed by atoms with Crippen LogP contribution >= 0.6 is 0 Å². The summed E-state index contributed by atoms with van der Waals surface area (Å²) in [4.78, 5) is 10.7. The van der Waals surface area contributed by atoms with Crippen molar-refractivity contribution in [2.75, 3.05) is 13.7 Å². The first-order valence-corrected chi connectivity index (χ1v) is 5.23. The number of carboxylic acids is 1. The second-order valence-electron chi connectivity index (χ2n) is 3.63. The van der Waals surface area contributed by atoms with Crippen LogP contribution in [0.2, 0.25) is 0 Å². The Hall–Kier alpha value is -1.55. The van der Waals surface area contributed by atoms with E-state index in [1.807, 2.05) is 31.2 Å². The highest BCUT2D eigenvalue weighted by atomic mass is 16.5. The summed E-state index contributed by atoms with van der Waals surface area (Å²) in [5.41, 5.74) is 1.17. The highest BCUT2D eigenvalue weighted by molar-refractivity contribution is 5.73. The van der Waals surface area contributed by atoms with E-state index in [4.69, 9.17) is 9.84 Å². The number of carbonyl (C=O) groups is 1. The second-order valence-corrected chi connectivity index (χ2v) is 3.63. The van der Waals surface area contributed by atoms with Gasteiger partial charge in [-0.05, 0) is 26.1 Å². The van der Waals surface area contributed by atoms with Gasteiger partial charge in [-0.2, -0.15) is 0 Å². The molecular formula is C12H17NO3. The Morgan fingerprint density at radius 2 is 2.06 bits per heavy atom. The monoisotopic (exact) mass is 223 g/mol. The SMILES string of the molecule is CNC(CCOc1ccc(C)cc1)C(=O)O. The summed E-state index contributed by atoms with van der Waals surface area (Å²) in [6, 6.07) is 7.13. The van der Waals surface area contributed by atoms with Crippen molar-refractivity contribution in [2.45, 2.75) is 19.4 Å². The lowest BCUT2D eigenvalue weighted by atomic mass is 10.2. The van der Waals surface area contributed by atoms with Crippen LogP contribution in [-0.4, -0.2) is 30.8 Å². The molecule has 88 valence electrons. The smallest absolute Gasteiger partial charge is 0.320 e. The van der Waals surface area contributed by atoms with Gasteiger partial charge < -0.3 is 15.2 Å². The number of carboxylic acid groups (broad SMARTS) is 1. The third-order valence-electron chi connectivity index (χ3n) is 2.34. The van der Waals surface area contributed by atoms with E-state index in [1.54, 1.807) is 7.05 Å². The Kier molecular flexibility index (Phi) is 4.79. The number of ether oxygens (including phenoxy) is 1. The molecule has 0 saturated carbocycles. The average molecular weight is 223 g/mol. The maximum atomic E-state index is 10.7. The molecule has 1 unspecified atom stereocenters. The molecule has 0 fully saturated rings. The molecule has 0 amide bonds. The summed E-state index contributed by atoms with van der Waals surface area (Å²) < 4.78 is 5.44. The lowest BCUT2D eigenvalue weighted by Crippen LogP contribution is -2.35. The predicted molar refractivity (Wildman–Crippen MR) is 61.8 cm³/mol. The van der Waals surface area contributed by atoms with Crippen molar-refractivity contribution in [1.82, 2.24) is 5.32 Å². The quantitative estimate of drug-likeness (QED) is 0.766. The van der Waals surface area contributed by atoms with E-state index in [0.29, 0.717) is 13.0 Å². The Morgan fingerprint density at radius 3 is 2.56 bits per heavy atom. The normalized spacial score (nSPS) is 12.1. The van der Waals surface area contributed by atoms with E-state index < -0.39 is 12.0 Å². The lowest BCUT2D eigenvalue weighted by Gasteiger charge is -2.11. The summed E-state index contributed by atoms with van der Waals surface area (Å²) in [7, 11) is 1.63. The Morgan fingerprint density at radius 1 is 1.44 bits per heavy atom. The van der Waals surface area contributed by atoms with Crippen LogP contribution in [-0.2, 0) is 4.79 Å². The van der Waals surface area contributed by atoms with Gasteiger partial charge in [0.2, 0.25) is 0 Å². The largest absolute Gasteiger partial charge is 0.494 e. The maximum Gasteiger partial charge on any atom is 0.320 e. The predicted octanol–water partition coefficient (Wildman–Crippen LogP) is 1.44. The van der Waals surface area contributed by atoms with Crippen molar-refractivity contribution in [2.24, 2.45) is 0 Å². The molecule has 16 heavy (non-hydrogen) atoms. The van der Waals surface area contributed by atoms with Gasteiger partial charge in [-0.3, -0.25) is 4.79 Å². The van der Waals surface area contributed by atoms with Gasteiger partial charge in [0, 0.05) is 6.42 Å². The molecular weight excluding hydrogens is 206 g/mol. The first-order chi connectivity index (χ1) is 7.63. The molecule has 0 bridgehead atoms. The summed E-state index contributed by atoms with van der Waals surface area (Å²) >= 11 is 0. The molecule has 0 aliphatic rings. The molecule has 0 aromatic heterocycles. The van der Waals surface area contributed by atoms with Gasteiger partial charge in [0.25, 0.3) is 0 Å². The molecule has 0 heterocycles. The minimum Gasteiger partial charge on any atom is -0.494 e. The molecule has 0 spiro atoms. The van der Waals surface area contributed by atoms with E-state index >= 15 is 0 Å². The molecule has 0 saturated heterocycles. The van der Waals surface area contributed by atoms with Gasteiger partial charge >= 0.3 is 5.97 Å². The van der Waals surface area contributed by atoms with Crippen molar-refractivity contribution in [3.05, 3.63) is 29.8 Å². The molecule has 4 nitrogen and oxygen atoms in total. The highest BCUT2D eigenvalue weighted by Crippen LogP contribution is 2.11. The van der Waals surface area contributed by atoms with Crippen molar-refractivity contribution in [1.29, 1.82) is 0 Å². The van der Waals surface area contributed by atoms with Crippen molar-refractivity contribution in [3.8, 4) is 5.75 Å². The average Bonchev–Trinajstić information content (AvgIpc) is 2.26. The maximum absolute atomic E-state index is 10.7. The summed E-state index contributed by atoms with van der Waals surface area (Å²) in [6.07, 6.45) is 0.444. The van der Waals surface area contributed by atoms with Crippen molar-refractivity contribution in [3.63, 3.8) is 0 Å². The Bertz CT molecular complexity index is 335. The number of hydrogen-bond donors (Lipinski definition) is 2. The van der Waals surface area contributed by atoms with Gasteiger partial charge in [-0.15, -0.1) is 0 Å². The van der Waals surface area contributed by atoms with Crippen LogP contribution in [0.25, 0.3) is 0 Å². The van der Waals surface area contributed by atoms with Crippen LogP contribution in [0.5, 0.6) is 5.75 Å². The van der Waals surface area contributed by atoms with Gasteiger partial charge in [0.05, 0.1) is 6.61 Å². The third-order valence-corrected chi connectivity index (χ3v) is 2.34. The number of aryl methyl sites for hydroxylation is 1. The van der Waals surface area contributed by atoms with Gasteiger partial charge in [0.1, 0.15) is 11.8 Å². The van der Waals surface area contributed by atoms with Crippen molar-refractivity contribution >= 4 is 5.97 Å². The second kappa shape index (κ2) is 6.12. The van der Waals surface area contributed by atoms with E-state index in [1.165, 1.54) is 5.56 Å². The number of likely N-dealkylation sites (N-methyl/N-ethyl adjacent to an activating group) is 1. The molecule has 4 heteroatoms. The van der Waals surface area contributed by atoms with Gasteiger partial charge in [-0.1, -0.05) is 17.7 Å². The molecule has 0 radical (unpaired) electrons. The zero-order valence-corrected chi connectivity index (χ0v) is 9.56. The number of nitrogens with one attached hydrogen (secondary N) is 1. The number of hydrogen-bond acceptors (Lipinski definition) is 3. The third kappa shape index (κ3) is 3.90. The summed E-state index contributed by atoms with van der Waals surface area (Å²) in [5, 5.41) is 11.5. The number of aliphatic carboxylic acids is 1. The van der Waals surface area contributed by atoms with Crippen LogP contribution in [0.1, 0.15) is 12.0 Å². The standard InChI is InChI=1S/C12H17NO3/c1-9-3-5-10(6-4-9)16-8-7-11(13-2)12(14)15/h3-6,11,13H,7-8H2,1-2H3,(H,14,15). The van der Waals surface area contributed by atoms with Crippen molar-refractivity contribution < 1.29 is 14.6 Å². The van der Waals surface area contributed by atoms with Crippen LogP contribution in [0, 0.1) is 6.92 Å². The summed E-state index contributed by atoms with van der Waals surface area (Å²) in [6.45, 7) is 2.39. The van der Waals surface area contributed by atoms with Gasteiger partial charge in [-0.25, -0.2) is 0 Å². The van der Waals surface area contributed by atoms with Crippen LogP contribution < -0.4 is 10.1 Å². The minimum atomic E-state index is -0.852. The number of rotatable bonds is 6. The van der Waals surface area contributed by atoms with E-state index in [2.05, 4.69) is 5.32 Å². The molecule has 1 aromatic carbocycles. The summed E-state index contributed by atoms with van der Waals surface area (Å²) in [5.74, 6) is -0.0825. The highest BCUT2D eigenvalue weighted by Gasteiger charge is 2.14. The van der Waals surface area contributed by atoms with Crippen LogP contribution in [0.15, 0.2) is 24.3 Å². The topological polar surface area (TPSA) is 58.6 Å². The molecule has 2 N–H and O–H groups in total. The molecule has 1 rings (SSSR count). The molecule has 0 aliphatic heterocycles. The Balaban J connectivity index is 2.35. The van der Waals surface area contributed by atoms with E-state index in [0.717, 1.165) is 5.75 Å². The first kappa shape index (κ1) is 12.5. The molecule has 1 aromatic rings. The fraction of sp³-hybridized carbons (Fsp3) is 0.417. The fourth-order valence-electron chi connectivity index (χ4n) is 1.32. The number of benzene rings is 1. The zero-order chi connectivity index (χ0) is 12.0. The van der Waals surface area contributed by atoms with E-state index in [9.17, 15) is 4.79 Å². The zero-order valence-electron chi connectivity index (χ0n) is 9.56. The van der Waals surface area contributed by atoms with Gasteiger partial charge in [0.15, 0.2) is 0 Å². The minimum absolute atomic E-state index is 0.390. The van der Waals surface area contributed by atoms with Crippen LogP contribution in [0.4, 0.5) is 0 Å².